The van der Waals surface area contributed by atoms with Crippen LogP contribution in [0.25, 0.3) is 0 Å². The summed E-state index contributed by atoms with van der Waals surface area (Å²) in [7, 11) is 1.20. The molecule has 0 aromatic heterocycles. The van der Waals surface area contributed by atoms with Gasteiger partial charge in [-0.25, -0.2) is 0 Å². The van der Waals surface area contributed by atoms with Gasteiger partial charge in [-0.2, -0.15) is 0 Å². The van der Waals surface area contributed by atoms with Gasteiger partial charge < -0.3 is 10.1 Å². The minimum Gasteiger partial charge on any atom is -0.468 e. The number of hydrogen-bond donors (Lipinski definition) is 1. The number of nitrogens with one attached hydrogen (secondary N) is 1. The first-order valence-corrected chi connectivity index (χ1v) is 3.14. The third kappa shape index (κ3) is 2.49. The van der Waals surface area contributed by atoms with Gasteiger partial charge in [-0.15, -0.1) is 0 Å². The van der Waals surface area contributed by atoms with Crippen LogP contribution in [0.4, 0.5) is 0 Å². The van der Waals surface area contributed by atoms with Crippen LogP contribution < -0.4 is 0 Å². The summed E-state index contributed by atoms with van der Waals surface area (Å²) in [4.78, 5) is 21.6. The maximum Gasteiger partial charge on any atom is 0.321 e. The van der Waals surface area contributed by atoms with E-state index in [0.717, 1.165) is 0 Å². The summed E-state index contributed by atoms with van der Waals surface area (Å²) < 4.78 is 4.33. The molecule has 0 bridgehead atoms. The molecule has 0 amide bonds. The fourth-order valence-electron chi connectivity index (χ4n) is 0.765. The lowest BCUT2D eigenvalue weighted by atomic mass is 10.0. The molecule has 11 heavy (non-hydrogen) atoms. The molecule has 0 spiro atoms. The molecular formula is C7H11NO3. The monoisotopic (exact) mass is 157 g/mol. The lowest BCUT2D eigenvalue weighted by Gasteiger charge is -2.08. The maximum atomic E-state index is 10.8. The lowest BCUT2D eigenvalue weighted by molar-refractivity contribution is -0.145. The topological polar surface area (TPSA) is 67.2 Å². The molecule has 0 heterocycles. The highest BCUT2D eigenvalue weighted by Gasteiger charge is 2.25. The van der Waals surface area contributed by atoms with Crippen LogP contribution in [0.3, 0.4) is 0 Å². The smallest absolute Gasteiger partial charge is 0.321 e. The molecule has 62 valence electrons. The Bertz CT molecular complexity index is 184. The van der Waals surface area contributed by atoms with Crippen molar-refractivity contribution in [3.63, 3.8) is 0 Å². The molecular weight excluding hydrogens is 146 g/mol. The number of carbonyl (C=O) groups is 2. The van der Waals surface area contributed by atoms with Crippen molar-refractivity contribution in [1.29, 1.82) is 5.41 Å². The van der Waals surface area contributed by atoms with E-state index in [0.29, 0.717) is 0 Å². The van der Waals surface area contributed by atoms with Gasteiger partial charge in [0, 0.05) is 5.71 Å². The molecule has 0 radical (unpaired) electrons. The van der Waals surface area contributed by atoms with Crippen molar-refractivity contribution in [2.24, 2.45) is 5.92 Å². The molecule has 1 atom stereocenters. The second-order valence-electron chi connectivity index (χ2n) is 2.25. The quantitative estimate of drug-likeness (QED) is 0.366. The zero-order valence-corrected chi connectivity index (χ0v) is 6.80. The minimum absolute atomic E-state index is 0.0179. The third-order valence-corrected chi connectivity index (χ3v) is 1.28. The molecule has 0 aliphatic rings. The van der Waals surface area contributed by atoms with Crippen LogP contribution in [0.2, 0.25) is 0 Å². The number of esters is 1. The summed E-state index contributed by atoms with van der Waals surface area (Å²) >= 11 is 0. The van der Waals surface area contributed by atoms with Gasteiger partial charge in [0.1, 0.15) is 5.78 Å². The normalized spacial score (nSPS) is 11.9. The van der Waals surface area contributed by atoms with E-state index in [-0.39, 0.29) is 11.5 Å². The Morgan fingerprint density at radius 1 is 1.36 bits per heavy atom. The van der Waals surface area contributed by atoms with E-state index in [1.807, 2.05) is 0 Å². The van der Waals surface area contributed by atoms with Gasteiger partial charge in [-0.1, -0.05) is 0 Å². The maximum absolute atomic E-state index is 10.8. The summed E-state index contributed by atoms with van der Waals surface area (Å²) in [5.41, 5.74) is 0.0179. The molecule has 1 N–H and O–H groups in total. The van der Waals surface area contributed by atoms with Crippen molar-refractivity contribution in [2.75, 3.05) is 7.11 Å². The molecule has 0 fully saturated rings. The minimum atomic E-state index is -1.01. The molecule has 0 saturated heterocycles. The highest BCUT2D eigenvalue weighted by atomic mass is 16.5. The average Bonchev–Trinajstić information content (AvgIpc) is 1.85. The van der Waals surface area contributed by atoms with E-state index >= 15 is 0 Å². The summed E-state index contributed by atoms with van der Waals surface area (Å²) in [6.07, 6.45) is 0. The van der Waals surface area contributed by atoms with Gasteiger partial charge in [0.05, 0.1) is 7.11 Å². The predicted molar refractivity (Wildman–Crippen MR) is 39.6 cm³/mol. The van der Waals surface area contributed by atoms with Crippen LogP contribution in [0.1, 0.15) is 13.8 Å². The summed E-state index contributed by atoms with van der Waals surface area (Å²) in [5, 5.41) is 7.09. The SMILES string of the molecule is COC(=O)[C@@H](C(C)=N)C(C)=O. The van der Waals surface area contributed by atoms with Crippen LogP contribution in [0.5, 0.6) is 0 Å². The zero-order chi connectivity index (χ0) is 9.02. The van der Waals surface area contributed by atoms with Crippen molar-refractivity contribution in [2.45, 2.75) is 13.8 Å². The van der Waals surface area contributed by atoms with E-state index in [1.165, 1.54) is 21.0 Å². The number of methoxy groups -OCH3 is 1. The number of Topliss-reactive ketones (excluding diaryl/α,β-unsaturated/α-hetero) is 1. The molecule has 0 aliphatic carbocycles. The molecule has 0 rings (SSSR count). The van der Waals surface area contributed by atoms with Crippen molar-refractivity contribution in [3.05, 3.63) is 0 Å². The molecule has 0 saturated carbocycles. The molecule has 0 aromatic carbocycles. The van der Waals surface area contributed by atoms with E-state index in [2.05, 4.69) is 4.74 Å². The number of hydrogen-bond acceptors (Lipinski definition) is 4. The van der Waals surface area contributed by atoms with Crippen molar-refractivity contribution >= 4 is 17.5 Å². The molecule has 4 nitrogen and oxygen atoms in total. The van der Waals surface area contributed by atoms with Gasteiger partial charge in [-0.3, -0.25) is 9.59 Å². The first kappa shape index (κ1) is 9.81. The molecule has 4 heteroatoms. The molecule has 0 unspecified atom stereocenters. The number of carbonyl (C=O) groups excluding carboxylic acids is 2. The van der Waals surface area contributed by atoms with E-state index in [1.54, 1.807) is 0 Å². The van der Waals surface area contributed by atoms with E-state index in [4.69, 9.17) is 5.41 Å². The van der Waals surface area contributed by atoms with Crippen molar-refractivity contribution in [1.82, 2.24) is 0 Å². The van der Waals surface area contributed by atoms with Gasteiger partial charge >= 0.3 is 5.97 Å². The molecule has 0 aromatic rings. The number of rotatable bonds is 3. The Hall–Kier alpha value is -1.19. The second-order valence-corrected chi connectivity index (χ2v) is 2.25. The third-order valence-electron chi connectivity index (χ3n) is 1.28. The Balaban J connectivity index is 4.47. The Morgan fingerprint density at radius 2 is 1.82 bits per heavy atom. The number of ketones is 1. The van der Waals surface area contributed by atoms with Gasteiger partial charge in [0.2, 0.25) is 0 Å². The highest BCUT2D eigenvalue weighted by molar-refractivity contribution is 6.16. The van der Waals surface area contributed by atoms with E-state index < -0.39 is 11.9 Å². The largest absolute Gasteiger partial charge is 0.468 e. The van der Waals surface area contributed by atoms with Gasteiger partial charge in [-0.05, 0) is 13.8 Å². The Kier molecular flexibility index (Phi) is 3.44. The van der Waals surface area contributed by atoms with Crippen molar-refractivity contribution in [3.8, 4) is 0 Å². The lowest BCUT2D eigenvalue weighted by Crippen LogP contribution is -2.29. The van der Waals surface area contributed by atoms with Crippen molar-refractivity contribution < 1.29 is 14.3 Å². The second kappa shape index (κ2) is 3.85. The fraction of sp³-hybridized carbons (Fsp3) is 0.571. The summed E-state index contributed by atoms with van der Waals surface area (Å²) in [6.45, 7) is 2.67. The Morgan fingerprint density at radius 3 is 1.91 bits per heavy atom. The predicted octanol–water partition coefficient (Wildman–Crippen LogP) is 0.404. The van der Waals surface area contributed by atoms with Crippen LogP contribution >= 0.6 is 0 Å². The van der Waals surface area contributed by atoms with Crippen LogP contribution in [-0.4, -0.2) is 24.6 Å². The summed E-state index contributed by atoms with van der Waals surface area (Å²) in [5.74, 6) is -2.03. The Labute approximate surface area is 65.1 Å². The van der Waals surface area contributed by atoms with Crippen LogP contribution in [-0.2, 0) is 14.3 Å². The highest BCUT2D eigenvalue weighted by Crippen LogP contribution is 2.02. The molecule has 0 aliphatic heterocycles. The van der Waals surface area contributed by atoms with Gasteiger partial charge in [0.15, 0.2) is 5.92 Å². The zero-order valence-electron chi connectivity index (χ0n) is 6.80. The van der Waals surface area contributed by atoms with Gasteiger partial charge in [0.25, 0.3) is 0 Å². The standard InChI is InChI=1S/C7H11NO3/c1-4(8)6(5(2)9)7(10)11-3/h6,8H,1-3H3/t6-/m0/s1. The average molecular weight is 157 g/mol. The number of ether oxygens (including phenoxy) is 1. The van der Waals surface area contributed by atoms with E-state index in [9.17, 15) is 9.59 Å². The van der Waals surface area contributed by atoms with Crippen LogP contribution in [0.15, 0.2) is 0 Å². The first-order valence-electron chi connectivity index (χ1n) is 3.14. The van der Waals surface area contributed by atoms with Crippen LogP contribution in [0, 0.1) is 11.3 Å². The fourth-order valence-corrected chi connectivity index (χ4v) is 0.765. The first-order chi connectivity index (χ1) is 5.00. The summed E-state index contributed by atoms with van der Waals surface area (Å²) in [6, 6.07) is 0.